The third kappa shape index (κ3) is 1.61. The molecule has 2 N–H and O–H groups in total. The van der Waals surface area contributed by atoms with E-state index in [9.17, 15) is 10.2 Å². The maximum Gasteiger partial charge on any atom is 0.134 e. The van der Waals surface area contributed by atoms with Crippen molar-refractivity contribution in [2.24, 2.45) is 0 Å². The van der Waals surface area contributed by atoms with Gasteiger partial charge >= 0.3 is 0 Å². The molecule has 1 aromatic rings. The number of hydrogen-bond donors (Lipinski definition) is 2. The minimum atomic E-state index is -0.0179. The smallest absolute Gasteiger partial charge is 0.134 e. The highest BCUT2D eigenvalue weighted by Gasteiger charge is 2.35. The third-order valence-electron chi connectivity index (χ3n) is 3.89. The Morgan fingerprint density at radius 1 is 1.20 bits per heavy atom. The maximum atomic E-state index is 9.69. The molecular weight excluding hydrogens is 256 g/mol. The lowest BCUT2D eigenvalue weighted by molar-refractivity contribution is 0.215. The van der Waals surface area contributed by atoms with Crippen LogP contribution >= 0.6 is 0 Å². The number of aromatic hydroxyl groups is 1. The van der Waals surface area contributed by atoms with Crippen LogP contribution < -0.4 is 4.74 Å². The Hall–Kier alpha value is -2.36. The number of ether oxygens (including phenoxy) is 2. The SMILES string of the molecule is OC1=CCC2OC3=C(CCOc4cc(O)ccc43)C2=C1. The van der Waals surface area contributed by atoms with Crippen molar-refractivity contribution in [1.29, 1.82) is 0 Å². The van der Waals surface area contributed by atoms with E-state index >= 15 is 0 Å². The zero-order valence-electron chi connectivity index (χ0n) is 10.8. The first-order valence-corrected chi connectivity index (χ1v) is 6.69. The van der Waals surface area contributed by atoms with Gasteiger partial charge in [0, 0.05) is 30.1 Å². The molecule has 102 valence electrons. The zero-order chi connectivity index (χ0) is 13.7. The number of aliphatic hydroxyl groups is 1. The summed E-state index contributed by atoms with van der Waals surface area (Å²) in [6.45, 7) is 0.535. The van der Waals surface area contributed by atoms with Gasteiger partial charge in [-0.2, -0.15) is 0 Å². The highest BCUT2D eigenvalue weighted by molar-refractivity contribution is 5.76. The van der Waals surface area contributed by atoms with E-state index in [4.69, 9.17) is 9.47 Å². The molecule has 0 spiro atoms. The molecule has 20 heavy (non-hydrogen) atoms. The van der Waals surface area contributed by atoms with E-state index in [1.54, 1.807) is 24.3 Å². The van der Waals surface area contributed by atoms with Gasteiger partial charge < -0.3 is 19.7 Å². The standard InChI is InChI=1S/C16H14O4/c17-9-2-4-14-13(7-9)11-5-6-19-15-8-10(18)1-3-12(15)16(11)20-14/h1-3,7-8,14,17-18H,4-6H2. The van der Waals surface area contributed by atoms with E-state index in [0.717, 1.165) is 28.9 Å². The van der Waals surface area contributed by atoms with Crippen LogP contribution in [0.25, 0.3) is 5.76 Å². The van der Waals surface area contributed by atoms with Crippen LogP contribution in [0.4, 0.5) is 0 Å². The fourth-order valence-corrected chi connectivity index (χ4v) is 2.97. The first kappa shape index (κ1) is 11.5. The second-order valence-electron chi connectivity index (χ2n) is 5.16. The van der Waals surface area contributed by atoms with Crippen molar-refractivity contribution in [2.45, 2.75) is 18.9 Å². The summed E-state index contributed by atoms with van der Waals surface area (Å²) in [5, 5.41) is 19.3. The number of hydrogen-bond acceptors (Lipinski definition) is 4. The summed E-state index contributed by atoms with van der Waals surface area (Å²) in [4.78, 5) is 0. The predicted octanol–water partition coefficient (Wildman–Crippen LogP) is 3.06. The van der Waals surface area contributed by atoms with E-state index < -0.39 is 0 Å². The van der Waals surface area contributed by atoms with Gasteiger partial charge in [-0.1, -0.05) is 0 Å². The number of aliphatic hydroxyl groups excluding tert-OH is 1. The summed E-state index contributed by atoms with van der Waals surface area (Å²) in [5.74, 6) is 1.94. The summed E-state index contributed by atoms with van der Waals surface area (Å²) >= 11 is 0. The lowest BCUT2D eigenvalue weighted by atomic mass is 9.93. The maximum absolute atomic E-state index is 9.69. The Bertz CT molecular complexity index is 682. The molecule has 0 fully saturated rings. The molecule has 2 heterocycles. The molecule has 1 aromatic carbocycles. The van der Waals surface area contributed by atoms with E-state index in [1.807, 2.05) is 6.07 Å². The normalized spacial score (nSPS) is 23.5. The van der Waals surface area contributed by atoms with E-state index in [-0.39, 0.29) is 11.9 Å². The van der Waals surface area contributed by atoms with Gasteiger partial charge in [0.2, 0.25) is 0 Å². The Labute approximate surface area is 116 Å². The second-order valence-corrected chi connectivity index (χ2v) is 5.16. The largest absolute Gasteiger partial charge is 0.508 e. The molecule has 4 heteroatoms. The van der Waals surface area contributed by atoms with Gasteiger partial charge in [-0.3, -0.25) is 0 Å². The molecule has 0 saturated heterocycles. The average molecular weight is 270 g/mol. The number of phenols is 1. The van der Waals surface area contributed by atoms with Crippen LogP contribution in [-0.2, 0) is 4.74 Å². The zero-order valence-corrected chi connectivity index (χ0v) is 10.8. The number of allylic oxidation sites excluding steroid dienone is 1. The van der Waals surface area contributed by atoms with Crippen molar-refractivity contribution < 1.29 is 19.7 Å². The number of fused-ring (bicyclic) bond motifs is 4. The number of benzene rings is 1. The monoisotopic (exact) mass is 270 g/mol. The second kappa shape index (κ2) is 4.07. The van der Waals surface area contributed by atoms with Gasteiger partial charge in [-0.25, -0.2) is 0 Å². The molecule has 0 aromatic heterocycles. The van der Waals surface area contributed by atoms with Crippen molar-refractivity contribution in [1.82, 2.24) is 0 Å². The van der Waals surface area contributed by atoms with Crippen molar-refractivity contribution in [3.05, 3.63) is 52.8 Å². The molecule has 0 saturated carbocycles. The summed E-state index contributed by atoms with van der Waals surface area (Å²) in [5.41, 5.74) is 3.01. The Kier molecular flexibility index (Phi) is 2.33. The molecule has 0 bridgehead atoms. The molecule has 4 nitrogen and oxygen atoms in total. The highest BCUT2D eigenvalue weighted by atomic mass is 16.5. The van der Waals surface area contributed by atoms with Crippen LogP contribution in [0.1, 0.15) is 18.4 Å². The topological polar surface area (TPSA) is 58.9 Å². The van der Waals surface area contributed by atoms with E-state index in [2.05, 4.69) is 0 Å². The predicted molar refractivity (Wildman–Crippen MR) is 73.4 cm³/mol. The van der Waals surface area contributed by atoms with Gasteiger partial charge in [-0.05, 0) is 24.3 Å². The van der Waals surface area contributed by atoms with Crippen molar-refractivity contribution in [3.63, 3.8) is 0 Å². The first-order chi connectivity index (χ1) is 9.72. The van der Waals surface area contributed by atoms with Crippen LogP contribution in [0, 0.1) is 0 Å². The molecule has 1 atom stereocenters. The summed E-state index contributed by atoms with van der Waals surface area (Å²) in [7, 11) is 0. The first-order valence-electron chi connectivity index (χ1n) is 6.69. The fourth-order valence-electron chi connectivity index (χ4n) is 2.97. The quantitative estimate of drug-likeness (QED) is 0.760. The van der Waals surface area contributed by atoms with Crippen LogP contribution in [0.3, 0.4) is 0 Å². The van der Waals surface area contributed by atoms with Gasteiger partial charge in [0.1, 0.15) is 29.1 Å². The molecule has 2 aliphatic heterocycles. The van der Waals surface area contributed by atoms with Crippen molar-refractivity contribution in [2.75, 3.05) is 6.61 Å². The Morgan fingerprint density at radius 3 is 3.00 bits per heavy atom. The minimum absolute atomic E-state index is 0.0179. The Balaban J connectivity index is 1.87. The summed E-state index contributed by atoms with van der Waals surface area (Å²) < 4.78 is 11.7. The molecule has 0 amide bonds. The van der Waals surface area contributed by atoms with Crippen LogP contribution in [0.15, 0.2) is 47.3 Å². The van der Waals surface area contributed by atoms with Gasteiger partial charge in [-0.15, -0.1) is 0 Å². The van der Waals surface area contributed by atoms with E-state index in [0.29, 0.717) is 24.5 Å². The van der Waals surface area contributed by atoms with Crippen LogP contribution in [0.5, 0.6) is 11.5 Å². The van der Waals surface area contributed by atoms with Crippen molar-refractivity contribution >= 4 is 5.76 Å². The minimum Gasteiger partial charge on any atom is -0.508 e. The highest BCUT2D eigenvalue weighted by Crippen LogP contribution is 2.46. The van der Waals surface area contributed by atoms with Gasteiger partial charge in [0.25, 0.3) is 0 Å². The lowest BCUT2D eigenvalue weighted by Crippen LogP contribution is -2.13. The fraction of sp³-hybridized carbons (Fsp3) is 0.250. The molecule has 0 radical (unpaired) electrons. The molecule has 1 unspecified atom stereocenters. The van der Waals surface area contributed by atoms with Crippen LogP contribution in [-0.4, -0.2) is 22.9 Å². The van der Waals surface area contributed by atoms with Gasteiger partial charge in [0.15, 0.2) is 0 Å². The van der Waals surface area contributed by atoms with Crippen LogP contribution in [0.2, 0.25) is 0 Å². The van der Waals surface area contributed by atoms with E-state index in [1.165, 1.54) is 0 Å². The summed E-state index contributed by atoms with van der Waals surface area (Å²) in [6.07, 6.45) is 4.95. The Morgan fingerprint density at radius 2 is 2.10 bits per heavy atom. The van der Waals surface area contributed by atoms with Crippen molar-refractivity contribution in [3.8, 4) is 11.5 Å². The third-order valence-corrected chi connectivity index (χ3v) is 3.89. The molecule has 4 rings (SSSR count). The molecular formula is C16H14O4. The van der Waals surface area contributed by atoms with Gasteiger partial charge in [0.05, 0.1) is 12.2 Å². The molecule has 1 aliphatic carbocycles. The average Bonchev–Trinajstić information content (AvgIpc) is 2.68. The number of phenolic OH excluding ortho intramolecular Hbond substituents is 1. The molecule has 3 aliphatic rings. The summed E-state index contributed by atoms with van der Waals surface area (Å²) in [6, 6.07) is 5.06. The lowest BCUT2D eigenvalue weighted by Gasteiger charge is -2.18. The number of rotatable bonds is 0.